The van der Waals surface area contributed by atoms with E-state index < -0.39 is 17.6 Å². The van der Waals surface area contributed by atoms with Crippen LogP contribution in [0.25, 0.3) is 0 Å². The van der Waals surface area contributed by atoms with Crippen LogP contribution in [0.5, 0.6) is 0 Å². The van der Waals surface area contributed by atoms with Crippen molar-refractivity contribution in [3.8, 4) is 0 Å². The third-order valence-electron chi connectivity index (χ3n) is 12.3. The largest absolute Gasteiger partial charge is 0.453 e. The first-order valence-electron chi connectivity index (χ1n) is 16.7. The van der Waals surface area contributed by atoms with Crippen molar-refractivity contribution in [3.05, 3.63) is 41.9 Å². The maximum atomic E-state index is 14.9. The second kappa shape index (κ2) is 10.9. The number of nitrogens with zero attached hydrogens (tertiary/aromatic N) is 5. The number of amides is 4. The van der Waals surface area contributed by atoms with Gasteiger partial charge >= 0.3 is 12.0 Å². The standard InChI is InChI=1S/C34H45N7O5/c1-20(21-9-10-21)37-31(44)34(13-16-40(19-34)32(45)46-5)23-11-14-35-26(17-23)41(4)25-18-33(25,2)27(22-7-6-8-22)28(30(41)43)38-29(42)24-12-15-36-39(24)3/h11-12,14-15,17,20-22,25,27-28H,6-10,13,16,18-19H2,1-5H3,(H-,37,38,42,44)/p+1/t20?,25?,27?,28-,33?,34?,41?/m0/s1. The summed E-state index contributed by atoms with van der Waals surface area (Å²) in [4.78, 5) is 61.6. The van der Waals surface area contributed by atoms with Crippen LogP contribution in [-0.2, 0) is 26.8 Å². The van der Waals surface area contributed by atoms with Crippen molar-refractivity contribution in [1.82, 2.24) is 34.8 Å². The number of pyridine rings is 1. The van der Waals surface area contributed by atoms with Crippen LogP contribution >= 0.6 is 0 Å². The van der Waals surface area contributed by atoms with Gasteiger partial charge in [-0.05, 0) is 55.7 Å². The number of hydrogen-bond donors (Lipinski definition) is 2. The SMILES string of the molecule is COC(=O)N1CCC(C(=O)NC(C)C2CC2)(c2ccnc([N+]3(C)C(=O)[C@@H](NC(=O)c4ccnn4C)C(C4CCC4)C4(C)CC43)c2)C1. The molecule has 7 rings (SSSR count). The molecule has 5 fully saturated rings. The summed E-state index contributed by atoms with van der Waals surface area (Å²) in [5.41, 5.74) is -0.0287. The summed E-state index contributed by atoms with van der Waals surface area (Å²) >= 11 is 0. The van der Waals surface area contributed by atoms with Gasteiger partial charge in [0.2, 0.25) is 11.7 Å². The van der Waals surface area contributed by atoms with Gasteiger partial charge in [0.15, 0.2) is 0 Å². The normalized spacial score (nSPS) is 34.3. The number of carbonyl (C=O) groups is 4. The molecule has 2 aliphatic heterocycles. The van der Waals surface area contributed by atoms with Gasteiger partial charge in [0.1, 0.15) is 17.8 Å². The number of ether oxygens (including phenoxy) is 1. The molecule has 2 aromatic heterocycles. The lowest BCUT2D eigenvalue weighted by Gasteiger charge is -2.48. The number of likely N-dealkylation sites (N-methyl/N-ethyl adjacent to an activating group) is 1. The van der Waals surface area contributed by atoms with Crippen LogP contribution in [-0.4, -0.2) is 88.9 Å². The van der Waals surface area contributed by atoms with Crippen LogP contribution in [0.15, 0.2) is 30.6 Å². The first-order chi connectivity index (χ1) is 21.9. The monoisotopic (exact) mass is 632 g/mol. The maximum Gasteiger partial charge on any atom is 0.409 e. The fourth-order valence-corrected chi connectivity index (χ4v) is 8.99. The van der Waals surface area contributed by atoms with E-state index in [1.54, 1.807) is 30.4 Å². The Morgan fingerprint density at radius 3 is 2.54 bits per heavy atom. The van der Waals surface area contributed by atoms with Crippen LogP contribution in [0.4, 0.5) is 10.6 Å². The smallest absolute Gasteiger partial charge is 0.409 e. The Balaban J connectivity index is 1.26. The lowest BCUT2D eigenvalue weighted by molar-refractivity contribution is -0.140. The second-order valence-corrected chi connectivity index (χ2v) is 14.9. The molecule has 4 heterocycles. The van der Waals surface area contributed by atoms with Crippen LogP contribution in [0.3, 0.4) is 0 Å². The summed E-state index contributed by atoms with van der Waals surface area (Å²) in [6, 6.07) is 4.76. The topological polar surface area (TPSA) is 136 Å². The predicted molar refractivity (Wildman–Crippen MR) is 169 cm³/mol. The minimum atomic E-state index is -1.01. The zero-order valence-electron chi connectivity index (χ0n) is 27.5. The van der Waals surface area contributed by atoms with E-state index in [0.29, 0.717) is 36.3 Å². The number of piperidine rings is 1. The molecule has 2 N–H and O–H groups in total. The highest BCUT2D eigenvalue weighted by atomic mass is 16.5. The van der Waals surface area contributed by atoms with Crippen molar-refractivity contribution < 1.29 is 23.9 Å². The van der Waals surface area contributed by atoms with Crippen molar-refractivity contribution in [1.29, 1.82) is 0 Å². The molecule has 2 saturated heterocycles. The fourth-order valence-electron chi connectivity index (χ4n) is 8.99. The number of carbonyl (C=O) groups excluding carboxylic acids is 4. The van der Waals surface area contributed by atoms with Crippen LogP contribution in [0.1, 0.15) is 74.8 Å². The fraction of sp³-hybridized carbons (Fsp3) is 0.647. The highest BCUT2D eigenvalue weighted by Crippen LogP contribution is 2.65. The van der Waals surface area contributed by atoms with Crippen molar-refractivity contribution in [2.75, 3.05) is 27.2 Å². The molecule has 3 saturated carbocycles. The molecular weight excluding hydrogens is 586 g/mol. The second-order valence-electron chi connectivity index (χ2n) is 14.9. The molecule has 7 atom stereocenters. The van der Waals surface area contributed by atoms with E-state index in [2.05, 4.69) is 22.7 Å². The molecule has 5 aliphatic rings. The van der Waals surface area contributed by atoms with Gasteiger partial charge in [0.05, 0.1) is 19.6 Å². The zero-order valence-corrected chi connectivity index (χ0v) is 27.5. The lowest BCUT2D eigenvalue weighted by Crippen LogP contribution is -2.70. The van der Waals surface area contributed by atoms with Crippen LogP contribution in [0.2, 0.25) is 0 Å². The highest BCUT2D eigenvalue weighted by molar-refractivity contribution is 6.01. The molecule has 246 valence electrons. The molecule has 2 aromatic rings. The van der Waals surface area contributed by atoms with E-state index >= 15 is 0 Å². The molecule has 3 aliphatic carbocycles. The van der Waals surface area contributed by atoms with E-state index in [-0.39, 0.29) is 52.2 Å². The highest BCUT2D eigenvalue weighted by Gasteiger charge is 2.76. The Labute approximate surface area is 269 Å². The first-order valence-corrected chi connectivity index (χ1v) is 16.7. The van der Waals surface area contributed by atoms with E-state index in [4.69, 9.17) is 9.72 Å². The Bertz CT molecular complexity index is 1580. The van der Waals surface area contributed by atoms with Crippen LogP contribution < -0.4 is 15.1 Å². The average molecular weight is 633 g/mol. The van der Waals surface area contributed by atoms with Gasteiger partial charge in [0.25, 0.3) is 5.91 Å². The van der Waals surface area contributed by atoms with Gasteiger partial charge in [-0.2, -0.15) is 5.10 Å². The van der Waals surface area contributed by atoms with E-state index in [1.165, 1.54) is 11.8 Å². The van der Waals surface area contributed by atoms with Gasteiger partial charge in [0, 0.05) is 62.4 Å². The average Bonchev–Trinajstić information content (AvgIpc) is 3.90. The molecule has 12 heteroatoms. The first kappa shape index (κ1) is 30.8. The van der Waals surface area contributed by atoms with Crippen molar-refractivity contribution >= 4 is 29.6 Å². The van der Waals surface area contributed by atoms with Crippen molar-refractivity contribution in [2.45, 2.75) is 82.3 Å². The van der Waals surface area contributed by atoms with E-state index in [1.807, 2.05) is 26.1 Å². The Hall–Kier alpha value is -3.80. The number of methoxy groups -OCH3 is 1. The summed E-state index contributed by atoms with van der Waals surface area (Å²) in [5.74, 6) is 0.931. The number of quaternary nitrogens is 1. The molecular formula is C34H46N7O5+. The Morgan fingerprint density at radius 1 is 1.15 bits per heavy atom. The van der Waals surface area contributed by atoms with Crippen molar-refractivity contribution in [2.24, 2.45) is 30.2 Å². The van der Waals surface area contributed by atoms with Gasteiger partial charge in [-0.1, -0.05) is 26.2 Å². The van der Waals surface area contributed by atoms with Crippen molar-refractivity contribution in [3.63, 3.8) is 0 Å². The Kier molecular flexibility index (Phi) is 7.30. The molecule has 6 unspecified atom stereocenters. The van der Waals surface area contributed by atoms with Crippen LogP contribution in [0, 0.1) is 23.2 Å². The third-order valence-corrected chi connectivity index (χ3v) is 12.3. The molecule has 0 aromatic carbocycles. The number of aromatic nitrogens is 3. The lowest BCUT2D eigenvalue weighted by atomic mass is 9.64. The summed E-state index contributed by atoms with van der Waals surface area (Å²) < 4.78 is 6.50. The molecule has 12 nitrogen and oxygen atoms in total. The number of fused-ring (bicyclic) bond motifs is 1. The molecule has 0 radical (unpaired) electrons. The molecule has 0 bridgehead atoms. The summed E-state index contributed by atoms with van der Waals surface area (Å²) in [7, 11) is 4.99. The number of aryl methyl sites for hydroxylation is 1. The van der Waals surface area contributed by atoms with Gasteiger partial charge < -0.3 is 20.3 Å². The molecule has 46 heavy (non-hydrogen) atoms. The van der Waals surface area contributed by atoms with Gasteiger partial charge in [-0.25, -0.2) is 19.1 Å². The number of rotatable bonds is 8. The third kappa shape index (κ3) is 4.65. The predicted octanol–water partition coefficient (Wildman–Crippen LogP) is 2.91. The molecule has 0 spiro atoms. The van der Waals surface area contributed by atoms with E-state index in [9.17, 15) is 19.2 Å². The quantitative estimate of drug-likeness (QED) is 0.428. The number of nitrogens with one attached hydrogen (secondary N) is 2. The summed E-state index contributed by atoms with van der Waals surface area (Å²) in [6.45, 7) is 4.86. The maximum absolute atomic E-state index is 14.9. The van der Waals surface area contributed by atoms with Gasteiger partial charge in [-0.15, -0.1) is 0 Å². The minimum absolute atomic E-state index is 0.00742. The number of likely N-dealkylation sites (tertiary alicyclic amines) is 2. The zero-order chi connectivity index (χ0) is 32.6. The van der Waals surface area contributed by atoms with Gasteiger partial charge in [-0.3, -0.25) is 14.3 Å². The summed E-state index contributed by atoms with van der Waals surface area (Å²) in [6.07, 6.45) is 9.53. The Morgan fingerprint density at radius 2 is 1.91 bits per heavy atom. The van der Waals surface area contributed by atoms with E-state index in [0.717, 1.165) is 44.1 Å². The minimum Gasteiger partial charge on any atom is -0.453 e. The summed E-state index contributed by atoms with van der Waals surface area (Å²) in [5, 5.41) is 10.6. The molecule has 4 amide bonds. The number of hydrogen-bond acceptors (Lipinski definition) is 7.